The van der Waals surface area contributed by atoms with Gasteiger partial charge in [-0.1, -0.05) is 32.0 Å². The van der Waals surface area contributed by atoms with Gasteiger partial charge in [-0.15, -0.1) is 0 Å². The molecule has 3 aromatic rings. The second-order valence-corrected chi connectivity index (χ2v) is 6.19. The average Bonchev–Trinajstić information content (AvgIpc) is 2.62. The molecule has 3 aromatic heterocycles. The van der Waals surface area contributed by atoms with Gasteiger partial charge < -0.3 is 0 Å². The van der Waals surface area contributed by atoms with Crippen molar-refractivity contribution in [1.82, 2.24) is 15.0 Å². The number of aromatic nitrogens is 3. The Balaban J connectivity index is 2.16. The first-order chi connectivity index (χ1) is 11.1. The molecule has 0 saturated heterocycles. The van der Waals surface area contributed by atoms with Gasteiger partial charge >= 0.3 is 0 Å². The van der Waals surface area contributed by atoms with Crippen molar-refractivity contribution in [2.45, 2.75) is 32.1 Å². The maximum Gasteiger partial charge on any atom is 0.0939 e. The summed E-state index contributed by atoms with van der Waals surface area (Å²) in [7, 11) is 0. The zero-order chi connectivity index (χ0) is 16.3. The number of rotatable bonds is 4. The molecule has 0 atom stereocenters. The lowest BCUT2D eigenvalue weighted by Crippen LogP contribution is -2.29. The maximum atomic E-state index is 4.74. The smallest absolute Gasteiger partial charge is 0.0939 e. The van der Waals surface area contributed by atoms with Gasteiger partial charge in [-0.05, 0) is 48.7 Å². The molecule has 0 bridgehead atoms. The van der Waals surface area contributed by atoms with Crippen LogP contribution in [0, 0.1) is 0 Å². The van der Waals surface area contributed by atoms with Crippen molar-refractivity contribution in [3.05, 3.63) is 89.8 Å². The number of hydrogen-bond donors (Lipinski definition) is 0. The number of pyridine rings is 3. The van der Waals surface area contributed by atoms with Crippen LogP contribution in [0.5, 0.6) is 0 Å². The molecule has 3 rings (SSSR count). The van der Waals surface area contributed by atoms with Gasteiger partial charge in [0.1, 0.15) is 0 Å². The number of hydrogen-bond acceptors (Lipinski definition) is 3. The minimum atomic E-state index is -0.474. The normalized spacial score (nSPS) is 11.7. The Bertz CT molecular complexity index is 710. The van der Waals surface area contributed by atoms with Crippen molar-refractivity contribution in [1.29, 1.82) is 0 Å². The van der Waals surface area contributed by atoms with Crippen molar-refractivity contribution in [2.24, 2.45) is 0 Å². The molecule has 23 heavy (non-hydrogen) atoms. The summed E-state index contributed by atoms with van der Waals surface area (Å²) in [5.74, 6) is 0.465. The molecule has 0 aliphatic heterocycles. The molecule has 3 nitrogen and oxygen atoms in total. The summed E-state index contributed by atoms with van der Waals surface area (Å²) in [6.07, 6.45) is 5.60. The fraction of sp³-hybridized carbons (Fsp3) is 0.250. The first kappa shape index (κ1) is 15.3. The van der Waals surface area contributed by atoms with Gasteiger partial charge in [-0.25, -0.2) is 0 Å². The first-order valence-corrected chi connectivity index (χ1v) is 7.92. The van der Waals surface area contributed by atoms with Crippen LogP contribution in [0.4, 0.5) is 0 Å². The van der Waals surface area contributed by atoms with E-state index in [0.29, 0.717) is 5.92 Å². The van der Waals surface area contributed by atoms with Crippen LogP contribution in [0.15, 0.2) is 67.1 Å². The zero-order valence-electron chi connectivity index (χ0n) is 13.8. The Morgan fingerprint density at radius 2 is 1.30 bits per heavy atom. The molecule has 0 N–H and O–H groups in total. The highest BCUT2D eigenvalue weighted by molar-refractivity contribution is 5.41. The van der Waals surface area contributed by atoms with Crippen LogP contribution >= 0.6 is 0 Å². The Morgan fingerprint density at radius 1 is 0.739 bits per heavy atom. The van der Waals surface area contributed by atoms with E-state index in [2.05, 4.69) is 42.9 Å². The predicted molar refractivity (Wildman–Crippen MR) is 92.4 cm³/mol. The molecule has 0 radical (unpaired) electrons. The van der Waals surface area contributed by atoms with Gasteiger partial charge in [0.25, 0.3) is 0 Å². The largest absolute Gasteiger partial charge is 0.260 e. The van der Waals surface area contributed by atoms with E-state index in [4.69, 9.17) is 4.98 Å². The van der Waals surface area contributed by atoms with Gasteiger partial charge in [0.2, 0.25) is 0 Å². The van der Waals surface area contributed by atoms with E-state index >= 15 is 0 Å². The lowest BCUT2D eigenvalue weighted by Gasteiger charge is -2.28. The third kappa shape index (κ3) is 2.87. The SMILES string of the molecule is CC(C)c1ccc(C(C)(c2ccccn2)c2ccccn2)nc1. The molecule has 0 amide bonds. The fourth-order valence-electron chi connectivity index (χ4n) is 2.75. The summed E-state index contributed by atoms with van der Waals surface area (Å²) in [6, 6.07) is 16.2. The molecular formula is C20H21N3. The van der Waals surface area contributed by atoms with Crippen LogP contribution in [-0.2, 0) is 5.41 Å². The third-order valence-corrected chi connectivity index (χ3v) is 4.32. The lowest BCUT2D eigenvalue weighted by molar-refractivity contribution is 0.618. The van der Waals surface area contributed by atoms with Gasteiger partial charge in [0, 0.05) is 18.6 Å². The van der Waals surface area contributed by atoms with Crippen LogP contribution < -0.4 is 0 Å². The minimum Gasteiger partial charge on any atom is -0.260 e. The molecular weight excluding hydrogens is 282 g/mol. The molecule has 3 heteroatoms. The summed E-state index contributed by atoms with van der Waals surface area (Å²) in [5, 5.41) is 0. The Kier molecular flexibility index (Phi) is 4.20. The Labute approximate surface area is 137 Å². The van der Waals surface area contributed by atoms with Crippen molar-refractivity contribution in [3.63, 3.8) is 0 Å². The molecule has 3 heterocycles. The molecule has 0 aromatic carbocycles. The van der Waals surface area contributed by atoms with Gasteiger partial charge in [-0.2, -0.15) is 0 Å². The Morgan fingerprint density at radius 3 is 1.70 bits per heavy atom. The topological polar surface area (TPSA) is 38.7 Å². The van der Waals surface area contributed by atoms with E-state index in [1.54, 1.807) is 0 Å². The van der Waals surface area contributed by atoms with Crippen molar-refractivity contribution in [3.8, 4) is 0 Å². The van der Waals surface area contributed by atoms with Gasteiger partial charge in [-0.3, -0.25) is 15.0 Å². The monoisotopic (exact) mass is 303 g/mol. The third-order valence-electron chi connectivity index (χ3n) is 4.32. The van der Waals surface area contributed by atoms with Crippen molar-refractivity contribution >= 4 is 0 Å². The molecule has 0 spiro atoms. The fourth-order valence-corrected chi connectivity index (χ4v) is 2.75. The van der Waals surface area contributed by atoms with Crippen molar-refractivity contribution in [2.75, 3.05) is 0 Å². The number of nitrogens with zero attached hydrogens (tertiary/aromatic N) is 3. The van der Waals surface area contributed by atoms with E-state index in [1.807, 2.05) is 55.0 Å². The molecule has 116 valence electrons. The average molecular weight is 303 g/mol. The van der Waals surface area contributed by atoms with Crippen molar-refractivity contribution < 1.29 is 0 Å². The van der Waals surface area contributed by atoms with E-state index in [1.165, 1.54) is 5.56 Å². The van der Waals surface area contributed by atoms with Crippen LogP contribution in [0.1, 0.15) is 49.3 Å². The molecule has 0 unspecified atom stereocenters. The standard InChI is InChI=1S/C20H21N3/c1-15(2)16-10-11-19(23-14-16)20(3,17-8-4-6-12-21-17)18-9-5-7-13-22-18/h4-15H,1-3H3. The minimum absolute atomic E-state index is 0.465. The highest BCUT2D eigenvalue weighted by Gasteiger charge is 2.35. The second kappa shape index (κ2) is 6.29. The maximum absolute atomic E-state index is 4.74. The first-order valence-electron chi connectivity index (χ1n) is 7.92. The van der Waals surface area contributed by atoms with Gasteiger partial charge in [0.15, 0.2) is 0 Å². The lowest BCUT2D eigenvalue weighted by atomic mass is 9.78. The van der Waals surface area contributed by atoms with Gasteiger partial charge in [0.05, 0.1) is 22.5 Å². The van der Waals surface area contributed by atoms with Crippen LogP contribution in [0.3, 0.4) is 0 Å². The summed E-state index contributed by atoms with van der Waals surface area (Å²) in [4.78, 5) is 13.9. The quantitative estimate of drug-likeness (QED) is 0.719. The van der Waals surface area contributed by atoms with Crippen LogP contribution in [0.2, 0.25) is 0 Å². The summed E-state index contributed by atoms with van der Waals surface area (Å²) < 4.78 is 0. The molecule has 0 saturated carbocycles. The van der Waals surface area contributed by atoms with E-state index in [-0.39, 0.29) is 0 Å². The van der Waals surface area contributed by atoms with E-state index < -0.39 is 5.41 Å². The van der Waals surface area contributed by atoms with E-state index in [9.17, 15) is 0 Å². The molecule has 0 aliphatic rings. The van der Waals surface area contributed by atoms with Crippen LogP contribution in [-0.4, -0.2) is 15.0 Å². The van der Waals surface area contributed by atoms with Crippen LogP contribution in [0.25, 0.3) is 0 Å². The Hall–Kier alpha value is -2.55. The van der Waals surface area contributed by atoms with E-state index in [0.717, 1.165) is 17.1 Å². The second-order valence-electron chi connectivity index (χ2n) is 6.19. The summed E-state index contributed by atoms with van der Waals surface area (Å²) in [5.41, 5.74) is 3.61. The predicted octanol–water partition coefficient (Wildman–Crippen LogP) is 4.35. The summed E-state index contributed by atoms with van der Waals surface area (Å²) in [6.45, 7) is 6.48. The molecule has 0 fully saturated rings. The zero-order valence-corrected chi connectivity index (χ0v) is 13.8. The molecule has 0 aliphatic carbocycles. The highest BCUT2D eigenvalue weighted by Crippen LogP contribution is 2.35. The highest BCUT2D eigenvalue weighted by atomic mass is 14.8. The summed E-state index contributed by atoms with van der Waals surface area (Å²) >= 11 is 0.